The maximum atomic E-state index is 10.7. The Bertz CT molecular complexity index is 549. The molecule has 4 N–H and O–H groups in total. The maximum absolute atomic E-state index is 10.7. The Morgan fingerprint density at radius 3 is 2.72 bits per heavy atom. The highest BCUT2D eigenvalue weighted by Gasteiger charge is 2.16. The van der Waals surface area contributed by atoms with Crippen LogP contribution in [-0.4, -0.2) is 27.1 Å². The van der Waals surface area contributed by atoms with E-state index in [2.05, 4.69) is 9.97 Å². The molecule has 0 aliphatic carbocycles. The van der Waals surface area contributed by atoms with Gasteiger partial charge in [0.2, 0.25) is 0 Å². The summed E-state index contributed by atoms with van der Waals surface area (Å²) in [5, 5.41) is 8.77. The SMILES string of the molecule is Cc1[nH]c(CC(N)C(=O)O)nc1-c1ccccc1. The molecule has 0 bridgehead atoms. The van der Waals surface area contributed by atoms with Gasteiger partial charge in [-0.05, 0) is 6.92 Å². The van der Waals surface area contributed by atoms with Crippen molar-refractivity contribution < 1.29 is 9.90 Å². The third-order valence-corrected chi connectivity index (χ3v) is 2.71. The van der Waals surface area contributed by atoms with E-state index in [4.69, 9.17) is 10.8 Å². The molecule has 2 aromatic rings. The lowest BCUT2D eigenvalue weighted by molar-refractivity contribution is -0.138. The van der Waals surface area contributed by atoms with Crippen LogP contribution in [0.15, 0.2) is 30.3 Å². The van der Waals surface area contributed by atoms with Gasteiger partial charge in [0, 0.05) is 17.7 Å². The number of carboxylic acid groups (broad SMARTS) is 1. The van der Waals surface area contributed by atoms with Crippen LogP contribution in [0.3, 0.4) is 0 Å². The number of hydrogen-bond donors (Lipinski definition) is 3. The molecule has 5 nitrogen and oxygen atoms in total. The van der Waals surface area contributed by atoms with E-state index in [0.29, 0.717) is 5.82 Å². The highest BCUT2D eigenvalue weighted by atomic mass is 16.4. The van der Waals surface area contributed by atoms with Gasteiger partial charge in [-0.3, -0.25) is 4.79 Å². The van der Waals surface area contributed by atoms with Gasteiger partial charge in [-0.25, -0.2) is 4.98 Å². The summed E-state index contributed by atoms with van der Waals surface area (Å²) in [5.74, 6) is -0.424. The summed E-state index contributed by atoms with van der Waals surface area (Å²) >= 11 is 0. The number of carboxylic acids is 1. The smallest absolute Gasteiger partial charge is 0.320 e. The van der Waals surface area contributed by atoms with Gasteiger partial charge in [0.25, 0.3) is 0 Å². The molecule has 0 spiro atoms. The topological polar surface area (TPSA) is 92.0 Å². The van der Waals surface area contributed by atoms with Gasteiger partial charge in [-0.2, -0.15) is 0 Å². The minimum Gasteiger partial charge on any atom is -0.480 e. The highest BCUT2D eigenvalue weighted by Crippen LogP contribution is 2.20. The Hall–Kier alpha value is -2.14. The molecule has 18 heavy (non-hydrogen) atoms. The number of imidazole rings is 1. The van der Waals surface area contributed by atoms with Crippen LogP contribution in [-0.2, 0) is 11.2 Å². The number of rotatable bonds is 4. The van der Waals surface area contributed by atoms with Crippen molar-refractivity contribution in [2.24, 2.45) is 5.73 Å². The summed E-state index contributed by atoms with van der Waals surface area (Å²) in [6.07, 6.45) is 0.197. The number of nitrogens with two attached hydrogens (primary N) is 1. The van der Waals surface area contributed by atoms with Crippen LogP contribution in [0.2, 0.25) is 0 Å². The standard InChI is InChI=1S/C13H15N3O2/c1-8-12(9-5-3-2-4-6-9)16-11(15-8)7-10(14)13(17)18/h2-6,10H,7,14H2,1H3,(H,15,16)(H,17,18). The first-order valence-corrected chi connectivity index (χ1v) is 5.67. The fourth-order valence-corrected chi connectivity index (χ4v) is 1.79. The molecular formula is C13H15N3O2. The van der Waals surface area contributed by atoms with E-state index in [-0.39, 0.29) is 6.42 Å². The van der Waals surface area contributed by atoms with Crippen LogP contribution in [0.5, 0.6) is 0 Å². The van der Waals surface area contributed by atoms with E-state index in [1.54, 1.807) is 0 Å². The van der Waals surface area contributed by atoms with Crippen LogP contribution in [0.4, 0.5) is 0 Å². The molecule has 0 saturated carbocycles. The molecule has 0 amide bonds. The van der Waals surface area contributed by atoms with E-state index in [9.17, 15) is 4.79 Å². The zero-order valence-electron chi connectivity index (χ0n) is 10.1. The summed E-state index contributed by atoms with van der Waals surface area (Å²) in [6, 6.07) is 8.80. The first kappa shape index (κ1) is 12.3. The number of nitrogens with zero attached hydrogens (tertiary/aromatic N) is 1. The molecule has 1 unspecified atom stereocenters. The monoisotopic (exact) mass is 245 g/mol. The third-order valence-electron chi connectivity index (χ3n) is 2.71. The van der Waals surface area contributed by atoms with Crippen molar-refractivity contribution in [3.8, 4) is 11.3 Å². The van der Waals surface area contributed by atoms with Gasteiger partial charge in [-0.1, -0.05) is 30.3 Å². The predicted octanol–water partition coefficient (Wildman–Crippen LogP) is 1.34. The van der Waals surface area contributed by atoms with E-state index in [1.807, 2.05) is 37.3 Å². The van der Waals surface area contributed by atoms with Crippen LogP contribution in [0.1, 0.15) is 11.5 Å². The number of aryl methyl sites for hydroxylation is 1. The molecule has 1 aromatic heterocycles. The van der Waals surface area contributed by atoms with Gasteiger partial charge in [0.05, 0.1) is 5.69 Å². The van der Waals surface area contributed by atoms with Crippen molar-refractivity contribution in [1.82, 2.24) is 9.97 Å². The Morgan fingerprint density at radius 1 is 1.44 bits per heavy atom. The molecule has 0 fully saturated rings. The molecule has 0 aliphatic heterocycles. The second-order valence-corrected chi connectivity index (χ2v) is 4.17. The highest BCUT2D eigenvalue weighted by molar-refractivity contribution is 5.73. The van der Waals surface area contributed by atoms with E-state index in [0.717, 1.165) is 17.0 Å². The minimum absolute atomic E-state index is 0.197. The van der Waals surface area contributed by atoms with Gasteiger partial charge in [-0.15, -0.1) is 0 Å². The lowest BCUT2D eigenvalue weighted by Gasteiger charge is -2.02. The molecular weight excluding hydrogens is 230 g/mol. The summed E-state index contributed by atoms with van der Waals surface area (Å²) < 4.78 is 0. The first-order valence-electron chi connectivity index (χ1n) is 5.67. The minimum atomic E-state index is -1.02. The molecule has 1 aromatic carbocycles. The van der Waals surface area contributed by atoms with Gasteiger partial charge in [0.1, 0.15) is 11.9 Å². The molecule has 1 atom stereocenters. The average molecular weight is 245 g/mol. The molecule has 1 heterocycles. The average Bonchev–Trinajstić information content (AvgIpc) is 2.71. The predicted molar refractivity (Wildman–Crippen MR) is 68.1 cm³/mol. The van der Waals surface area contributed by atoms with Crippen molar-refractivity contribution >= 4 is 5.97 Å². The number of carbonyl (C=O) groups is 1. The Kier molecular flexibility index (Phi) is 3.43. The zero-order valence-corrected chi connectivity index (χ0v) is 10.1. The Morgan fingerprint density at radius 2 is 2.11 bits per heavy atom. The van der Waals surface area contributed by atoms with E-state index >= 15 is 0 Å². The summed E-state index contributed by atoms with van der Waals surface area (Å²) in [6.45, 7) is 1.91. The number of nitrogens with one attached hydrogen (secondary N) is 1. The summed E-state index contributed by atoms with van der Waals surface area (Å²) in [7, 11) is 0. The normalized spacial score (nSPS) is 12.3. The lowest BCUT2D eigenvalue weighted by atomic mass is 10.1. The summed E-state index contributed by atoms with van der Waals surface area (Å²) in [4.78, 5) is 18.2. The number of aliphatic carboxylic acids is 1. The molecule has 0 radical (unpaired) electrons. The fraction of sp³-hybridized carbons (Fsp3) is 0.231. The van der Waals surface area contributed by atoms with Gasteiger partial charge in [0.15, 0.2) is 0 Å². The third kappa shape index (κ3) is 2.57. The van der Waals surface area contributed by atoms with Gasteiger partial charge >= 0.3 is 5.97 Å². The maximum Gasteiger partial charge on any atom is 0.320 e. The molecule has 0 aliphatic rings. The van der Waals surface area contributed by atoms with E-state index < -0.39 is 12.0 Å². The second kappa shape index (κ2) is 5.01. The van der Waals surface area contributed by atoms with Crippen LogP contribution < -0.4 is 5.73 Å². The molecule has 5 heteroatoms. The number of benzene rings is 1. The second-order valence-electron chi connectivity index (χ2n) is 4.17. The molecule has 2 rings (SSSR count). The largest absolute Gasteiger partial charge is 0.480 e. The number of aromatic nitrogens is 2. The molecule has 94 valence electrons. The zero-order chi connectivity index (χ0) is 13.1. The number of H-pyrrole nitrogens is 1. The fourth-order valence-electron chi connectivity index (χ4n) is 1.79. The lowest BCUT2D eigenvalue weighted by Crippen LogP contribution is -2.32. The van der Waals surface area contributed by atoms with Crippen molar-refractivity contribution in [1.29, 1.82) is 0 Å². The first-order chi connectivity index (χ1) is 8.58. The van der Waals surface area contributed by atoms with Crippen molar-refractivity contribution in [2.75, 3.05) is 0 Å². The van der Waals surface area contributed by atoms with Gasteiger partial charge < -0.3 is 15.8 Å². The van der Waals surface area contributed by atoms with Crippen LogP contribution in [0, 0.1) is 6.92 Å². The van der Waals surface area contributed by atoms with Crippen molar-refractivity contribution in [3.63, 3.8) is 0 Å². The molecule has 0 saturated heterocycles. The quantitative estimate of drug-likeness (QED) is 0.758. The van der Waals surface area contributed by atoms with Crippen LogP contribution in [0.25, 0.3) is 11.3 Å². The van der Waals surface area contributed by atoms with Crippen molar-refractivity contribution in [3.05, 3.63) is 41.9 Å². The van der Waals surface area contributed by atoms with Crippen LogP contribution >= 0.6 is 0 Å². The number of aromatic amines is 1. The Balaban J connectivity index is 2.25. The van der Waals surface area contributed by atoms with E-state index in [1.165, 1.54) is 0 Å². The number of hydrogen-bond acceptors (Lipinski definition) is 3. The Labute approximate surface area is 105 Å². The summed E-state index contributed by atoms with van der Waals surface area (Å²) in [5.41, 5.74) is 8.24. The van der Waals surface area contributed by atoms with Crippen molar-refractivity contribution in [2.45, 2.75) is 19.4 Å².